The van der Waals surface area contributed by atoms with Crippen LogP contribution in [0.15, 0.2) is 33.9 Å². The number of aliphatic carboxylic acids is 1. The average Bonchev–Trinajstić information content (AvgIpc) is 2.54. The van der Waals surface area contributed by atoms with Crippen LogP contribution in [0.25, 0.3) is 10.9 Å². The maximum absolute atomic E-state index is 12.4. The molecule has 23 heavy (non-hydrogen) atoms. The number of carboxylic acids is 1. The first-order chi connectivity index (χ1) is 10.9. The number of hydrogen-bond acceptors (Lipinski definition) is 4. The van der Waals surface area contributed by atoms with Crippen LogP contribution in [0.4, 0.5) is 0 Å². The van der Waals surface area contributed by atoms with E-state index in [1.807, 2.05) is 0 Å². The van der Waals surface area contributed by atoms with Crippen LogP contribution in [0.5, 0.6) is 0 Å². The Balaban J connectivity index is 2.41. The molecule has 8 nitrogen and oxygen atoms in total. The molecule has 0 aliphatic carbocycles. The zero-order valence-electron chi connectivity index (χ0n) is 12.8. The normalized spacial score (nSPS) is 12.1. The highest BCUT2D eigenvalue weighted by Crippen LogP contribution is 2.05. The predicted molar refractivity (Wildman–Crippen MR) is 83.3 cm³/mol. The molecule has 0 aliphatic heterocycles. The summed E-state index contributed by atoms with van der Waals surface area (Å²) in [7, 11) is 1.50. The lowest BCUT2D eigenvalue weighted by Gasteiger charge is -2.14. The Kier molecular flexibility index (Phi) is 4.63. The van der Waals surface area contributed by atoms with E-state index in [0.29, 0.717) is 10.9 Å². The fourth-order valence-electron chi connectivity index (χ4n) is 2.32. The Labute approximate surface area is 131 Å². The lowest BCUT2D eigenvalue weighted by Crippen LogP contribution is -2.46. The second kappa shape index (κ2) is 6.47. The summed E-state index contributed by atoms with van der Waals surface area (Å²) < 4.78 is 2.07. The van der Waals surface area contributed by atoms with Gasteiger partial charge in [-0.05, 0) is 18.6 Å². The zero-order valence-corrected chi connectivity index (χ0v) is 12.8. The number of rotatable bonds is 5. The monoisotopic (exact) mass is 319 g/mol. The van der Waals surface area contributed by atoms with E-state index in [1.165, 1.54) is 11.6 Å². The molecule has 0 fully saturated rings. The van der Waals surface area contributed by atoms with Crippen molar-refractivity contribution in [2.75, 3.05) is 0 Å². The summed E-state index contributed by atoms with van der Waals surface area (Å²) in [6.45, 7) is 1.08. The molecule has 1 heterocycles. The van der Waals surface area contributed by atoms with Gasteiger partial charge in [0.2, 0.25) is 5.91 Å². The molecule has 0 bridgehead atoms. The van der Waals surface area contributed by atoms with Crippen molar-refractivity contribution in [1.82, 2.24) is 14.5 Å². The minimum absolute atomic E-state index is 0.200. The number of carboxylic acid groups (broad SMARTS) is 1. The smallest absolute Gasteiger partial charge is 0.331 e. The number of para-hydroxylation sites is 1. The molecular formula is C15H17N3O5. The topological polar surface area (TPSA) is 110 Å². The molecule has 8 heteroatoms. The van der Waals surface area contributed by atoms with Gasteiger partial charge in [0.25, 0.3) is 5.56 Å². The van der Waals surface area contributed by atoms with Crippen LogP contribution in [0, 0.1) is 0 Å². The molecule has 1 atom stereocenters. The van der Waals surface area contributed by atoms with Gasteiger partial charge in [-0.3, -0.25) is 18.7 Å². The summed E-state index contributed by atoms with van der Waals surface area (Å²) in [6.07, 6.45) is 0.200. The van der Waals surface area contributed by atoms with Crippen molar-refractivity contribution < 1.29 is 14.7 Å². The summed E-state index contributed by atoms with van der Waals surface area (Å²) in [4.78, 5) is 47.5. The number of aryl methyl sites for hydroxylation is 1. The highest BCUT2D eigenvalue weighted by atomic mass is 16.4. The summed E-state index contributed by atoms with van der Waals surface area (Å²) >= 11 is 0. The first-order valence-corrected chi connectivity index (χ1v) is 7.07. The second-order valence-corrected chi connectivity index (χ2v) is 5.12. The predicted octanol–water partition coefficient (Wildman–Crippen LogP) is -0.320. The van der Waals surface area contributed by atoms with Crippen molar-refractivity contribution in [2.24, 2.45) is 7.05 Å². The first-order valence-electron chi connectivity index (χ1n) is 7.07. The number of amides is 1. The Morgan fingerprint density at radius 3 is 2.52 bits per heavy atom. The number of nitrogens with one attached hydrogen (secondary N) is 1. The van der Waals surface area contributed by atoms with E-state index in [4.69, 9.17) is 5.11 Å². The van der Waals surface area contributed by atoms with Gasteiger partial charge in [0.05, 0.1) is 10.9 Å². The number of fused-ring (bicyclic) bond motifs is 1. The SMILES string of the molecule is CCC(NC(=O)Cn1c(=O)c2ccccc2n(C)c1=O)C(=O)O. The molecule has 2 rings (SSSR count). The number of carbonyl (C=O) groups is 2. The van der Waals surface area contributed by atoms with Gasteiger partial charge in [-0.1, -0.05) is 19.1 Å². The first kappa shape index (κ1) is 16.5. The minimum Gasteiger partial charge on any atom is -0.480 e. The number of benzene rings is 1. The Hall–Kier alpha value is -2.90. The van der Waals surface area contributed by atoms with E-state index in [1.54, 1.807) is 31.2 Å². The van der Waals surface area contributed by atoms with E-state index in [2.05, 4.69) is 5.32 Å². The van der Waals surface area contributed by atoms with E-state index in [0.717, 1.165) is 4.57 Å². The van der Waals surface area contributed by atoms with Crippen LogP contribution in [0.2, 0.25) is 0 Å². The van der Waals surface area contributed by atoms with Gasteiger partial charge in [0.1, 0.15) is 12.6 Å². The van der Waals surface area contributed by atoms with Gasteiger partial charge in [0, 0.05) is 7.05 Å². The molecule has 1 amide bonds. The molecule has 0 spiro atoms. The molecule has 122 valence electrons. The highest BCUT2D eigenvalue weighted by molar-refractivity contribution is 5.83. The van der Waals surface area contributed by atoms with Crippen molar-refractivity contribution in [3.63, 3.8) is 0 Å². The zero-order chi connectivity index (χ0) is 17.1. The molecular weight excluding hydrogens is 302 g/mol. The summed E-state index contributed by atoms with van der Waals surface area (Å²) in [5, 5.41) is 11.5. The van der Waals surface area contributed by atoms with Crippen molar-refractivity contribution in [3.05, 3.63) is 45.1 Å². The standard InChI is InChI=1S/C15H17N3O5/c1-3-10(14(21)22)16-12(19)8-18-13(20)9-6-4-5-7-11(9)17(2)15(18)23/h4-7,10H,3,8H2,1-2H3,(H,16,19)(H,21,22). The maximum Gasteiger partial charge on any atom is 0.331 e. The molecule has 0 radical (unpaired) electrons. The maximum atomic E-state index is 12.4. The van der Waals surface area contributed by atoms with Crippen LogP contribution in [0.1, 0.15) is 13.3 Å². The van der Waals surface area contributed by atoms with Gasteiger partial charge in [-0.25, -0.2) is 9.59 Å². The molecule has 1 unspecified atom stereocenters. The van der Waals surface area contributed by atoms with Gasteiger partial charge >= 0.3 is 11.7 Å². The number of hydrogen-bond donors (Lipinski definition) is 2. The Morgan fingerprint density at radius 1 is 1.26 bits per heavy atom. The molecule has 0 saturated heterocycles. The lowest BCUT2D eigenvalue weighted by molar-refractivity contribution is -0.142. The van der Waals surface area contributed by atoms with Crippen LogP contribution in [-0.2, 0) is 23.2 Å². The minimum atomic E-state index is -1.17. The van der Waals surface area contributed by atoms with Crippen molar-refractivity contribution >= 4 is 22.8 Å². The van der Waals surface area contributed by atoms with E-state index in [-0.39, 0.29) is 6.42 Å². The quantitative estimate of drug-likeness (QED) is 0.785. The van der Waals surface area contributed by atoms with E-state index < -0.39 is 35.7 Å². The number of carbonyl (C=O) groups excluding carboxylic acids is 1. The molecule has 0 aliphatic rings. The Morgan fingerprint density at radius 2 is 1.91 bits per heavy atom. The average molecular weight is 319 g/mol. The molecule has 1 aromatic heterocycles. The highest BCUT2D eigenvalue weighted by Gasteiger charge is 2.19. The third-order valence-electron chi connectivity index (χ3n) is 3.60. The molecule has 1 aromatic carbocycles. The van der Waals surface area contributed by atoms with Gasteiger partial charge < -0.3 is 10.4 Å². The van der Waals surface area contributed by atoms with Crippen molar-refractivity contribution in [1.29, 1.82) is 0 Å². The Bertz CT molecular complexity index is 881. The lowest BCUT2D eigenvalue weighted by atomic mass is 10.2. The summed E-state index contributed by atoms with van der Waals surface area (Å²) in [5.41, 5.74) is -0.745. The fraction of sp³-hybridized carbons (Fsp3) is 0.333. The molecule has 0 saturated carbocycles. The van der Waals surface area contributed by atoms with Gasteiger partial charge in [0.15, 0.2) is 0 Å². The summed E-state index contributed by atoms with van der Waals surface area (Å²) in [6, 6.07) is 5.52. The van der Waals surface area contributed by atoms with Crippen molar-refractivity contribution in [2.45, 2.75) is 25.9 Å². The number of nitrogens with zero attached hydrogens (tertiary/aromatic N) is 2. The van der Waals surface area contributed by atoms with Crippen LogP contribution >= 0.6 is 0 Å². The van der Waals surface area contributed by atoms with Crippen molar-refractivity contribution in [3.8, 4) is 0 Å². The number of aromatic nitrogens is 2. The molecule has 2 N–H and O–H groups in total. The van der Waals surface area contributed by atoms with E-state index in [9.17, 15) is 19.2 Å². The third-order valence-corrected chi connectivity index (χ3v) is 3.60. The van der Waals surface area contributed by atoms with Crippen LogP contribution in [-0.4, -0.2) is 32.2 Å². The molecule has 2 aromatic rings. The fourth-order valence-corrected chi connectivity index (χ4v) is 2.32. The second-order valence-electron chi connectivity index (χ2n) is 5.12. The summed E-state index contributed by atoms with van der Waals surface area (Å²) in [5.74, 6) is -1.87. The third kappa shape index (κ3) is 3.15. The van der Waals surface area contributed by atoms with Gasteiger partial charge in [-0.15, -0.1) is 0 Å². The van der Waals surface area contributed by atoms with E-state index >= 15 is 0 Å². The van der Waals surface area contributed by atoms with Crippen LogP contribution in [0.3, 0.4) is 0 Å². The van der Waals surface area contributed by atoms with Gasteiger partial charge in [-0.2, -0.15) is 0 Å². The largest absolute Gasteiger partial charge is 0.480 e. The van der Waals surface area contributed by atoms with Crippen LogP contribution < -0.4 is 16.6 Å².